The van der Waals surface area contributed by atoms with Crippen LogP contribution in [0.2, 0.25) is 0 Å². The highest BCUT2D eigenvalue weighted by atomic mass is 16.1. The van der Waals surface area contributed by atoms with Gasteiger partial charge in [-0.3, -0.25) is 4.79 Å². The maximum Gasteiger partial charge on any atom is 0.293 e. The Balaban J connectivity index is 1.32. The minimum absolute atomic E-state index is 0.0122. The first kappa shape index (κ1) is 18.0. The maximum absolute atomic E-state index is 12.4. The van der Waals surface area contributed by atoms with Gasteiger partial charge in [0.25, 0.3) is 5.56 Å². The van der Waals surface area contributed by atoms with E-state index < -0.39 is 0 Å². The predicted molar refractivity (Wildman–Crippen MR) is 107 cm³/mol. The largest absolute Gasteiger partial charge is 0.357 e. The molecule has 4 rings (SSSR count). The summed E-state index contributed by atoms with van der Waals surface area (Å²) in [5.74, 6) is 1.65. The van der Waals surface area contributed by atoms with Crippen LogP contribution in [0, 0.1) is 0 Å². The first-order chi connectivity index (χ1) is 13.2. The second-order valence-electron chi connectivity index (χ2n) is 7.57. The molecule has 2 saturated heterocycles. The van der Waals surface area contributed by atoms with Crippen LogP contribution in [0.25, 0.3) is 0 Å². The average Bonchev–Trinajstić information content (AvgIpc) is 2.71. The number of hydrogen-bond donors (Lipinski definition) is 1. The Kier molecular flexibility index (Phi) is 5.38. The van der Waals surface area contributed by atoms with E-state index in [0.717, 1.165) is 57.7 Å². The second kappa shape index (κ2) is 8.08. The van der Waals surface area contributed by atoms with Crippen molar-refractivity contribution in [2.75, 3.05) is 36.0 Å². The zero-order chi connectivity index (χ0) is 18.6. The molecule has 0 unspecified atom stereocenters. The van der Waals surface area contributed by atoms with Crippen LogP contribution in [0.5, 0.6) is 0 Å². The monoisotopic (exact) mass is 368 g/mol. The zero-order valence-corrected chi connectivity index (χ0v) is 15.9. The molecule has 1 N–H and O–H groups in total. The van der Waals surface area contributed by atoms with Gasteiger partial charge in [0.15, 0.2) is 5.82 Å². The molecule has 1 atom stereocenters. The molecule has 2 aliphatic heterocycles. The number of pyridine rings is 1. The van der Waals surface area contributed by atoms with Crippen LogP contribution in [0.15, 0.2) is 41.6 Å². The van der Waals surface area contributed by atoms with Gasteiger partial charge in [0, 0.05) is 63.9 Å². The highest BCUT2D eigenvalue weighted by molar-refractivity contribution is 5.38. The van der Waals surface area contributed by atoms with Gasteiger partial charge in [0.05, 0.1) is 0 Å². The van der Waals surface area contributed by atoms with Gasteiger partial charge in [-0.25, -0.2) is 9.97 Å². The summed E-state index contributed by atoms with van der Waals surface area (Å²) in [7, 11) is 1.78. The van der Waals surface area contributed by atoms with Crippen molar-refractivity contribution in [3.05, 3.63) is 47.1 Å². The summed E-state index contributed by atoms with van der Waals surface area (Å²) in [6, 6.07) is 7.03. The molecule has 2 aliphatic rings. The van der Waals surface area contributed by atoms with E-state index in [1.807, 2.05) is 18.3 Å². The summed E-state index contributed by atoms with van der Waals surface area (Å²) in [6.45, 7) is 3.83. The van der Waals surface area contributed by atoms with Crippen molar-refractivity contribution in [3.8, 4) is 0 Å². The fourth-order valence-corrected chi connectivity index (χ4v) is 4.16. The van der Waals surface area contributed by atoms with Gasteiger partial charge < -0.3 is 19.7 Å². The van der Waals surface area contributed by atoms with Crippen LogP contribution in [0.1, 0.15) is 25.7 Å². The number of anilines is 2. The van der Waals surface area contributed by atoms with E-state index in [-0.39, 0.29) is 5.56 Å². The molecule has 0 aromatic carbocycles. The van der Waals surface area contributed by atoms with Crippen molar-refractivity contribution in [1.82, 2.24) is 19.9 Å². The van der Waals surface area contributed by atoms with Gasteiger partial charge in [0.2, 0.25) is 0 Å². The smallest absolute Gasteiger partial charge is 0.293 e. The number of nitrogens with zero attached hydrogens (tertiary/aromatic N) is 5. The standard InChI is InChI=1S/C20H28N6O/c1-24-14-10-22-19(20(24)27)26-11-4-5-17(15-26)23-16-7-12-25(13-8-16)18-6-2-3-9-21-18/h2-3,6,9-10,14,16-17,23H,4-5,7-8,11-13,15H2,1H3/t17-/m0/s1. The fourth-order valence-electron chi connectivity index (χ4n) is 4.16. The van der Waals surface area contributed by atoms with Gasteiger partial charge >= 0.3 is 0 Å². The molecule has 27 heavy (non-hydrogen) atoms. The topological polar surface area (TPSA) is 66.3 Å². The normalized spacial score (nSPS) is 21.4. The molecule has 0 bridgehead atoms. The first-order valence-corrected chi connectivity index (χ1v) is 9.89. The van der Waals surface area contributed by atoms with E-state index in [4.69, 9.17) is 0 Å². The summed E-state index contributed by atoms with van der Waals surface area (Å²) in [5, 5.41) is 3.84. The molecule has 7 heteroatoms. The summed E-state index contributed by atoms with van der Waals surface area (Å²) in [6.07, 6.45) is 9.77. The third-order valence-electron chi connectivity index (χ3n) is 5.66. The minimum Gasteiger partial charge on any atom is -0.357 e. The second-order valence-corrected chi connectivity index (χ2v) is 7.57. The molecular formula is C20H28N6O. The highest BCUT2D eigenvalue weighted by Gasteiger charge is 2.27. The van der Waals surface area contributed by atoms with Gasteiger partial charge in [-0.2, -0.15) is 0 Å². The van der Waals surface area contributed by atoms with E-state index in [1.54, 1.807) is 24.0 Å². The number of hydrogen-bond acceptors (Lipinski definition) is 6. The Bertz CT molecular complexity index is 800. The van der Waals surface area contributed by atoms with Crippen LogP contribution in [0.3, 0.4) is 0 Å². The number of aryl methyl sites for hydroxylation is 1. The predicted octanol–water partition coefficient (Wildman–Crippen LogP) is 1.40. The van der Waals surface area contributed by atoms with Crippen molar-refractivity contribution < 1.29 is 0 Å². The molecule has 7 nitrogen and oxygen atoms in total. The average molecular weight is 368 g/mol. The van der Waals surface area contributed by atoms with Gasteiger partial charge in [0.1, 0.15) is 5.82 Å². The number of aromatic nitrogens is 3. The summed E-state index contributed by atoms with van der Waals surface area (Å²) >= 11 is 0. The van der Waals surface area contributed by atoms with Crippen molar-refractivity contribution in [1.29, 1.82) is 0 Å². The lowest BCUT2D eigenvalue weighted by Crippen LogP contribution is -2.53. The Morgan fingerprint density at radius 3 is 2.63 bits per heavy atom. The lowest BCUT2D eigenvalue weighted by Gasteiger charge is -2.38. The van der Waals surface area contributed by atoms with E-state index in [1.165, 1.54) is 0 Å². The lowest BCUT2D eigenvalue weighted by molar-refractivity contribution is 0.332. The maximum atomic E-state index is 12.4. The van der Waals surface area contributed by atoms with Gasteiger partial charge in [-0.15, -0.1) is 0 Å². The summed E-state index contributed by atoms with van der Waals surface area (Å²) in [5.41, 5.74) is -0.0122. The molecule has 0 radical (unpaired) electrons. The molecule has 0 saturated carbocycles. The van der Waals surface area contributed by atoms with E-state index in [2.05, 4.69) is 31.2 Å². The van der Waals surface area contributed by atoms with Crippen molar-refractivity contribution in [2.24, 2.45) is 7.05 Å². The third kappa shape index (κ3) is 4.13. The Labute approximate surface area is 160 Å². The number of piperidine rings is 2. The quantitative estimate of drug-likeness (QED) is 0.880. The van der Waals surface area contributed by atoms with Gasteiger partial charge in [-0.1, -0.05) is 6.07 Å². The number of rotatable bonds is 4. The van der Waals surface area contributed by atoms with Gasteiger partial charge in [-0.05, 0) is 37.8 Å². The third-order valence-corrected chi connectivity index (χ3v) is 5.66. The fraction of sp³-hybridized carbons (Fsp3) is 0.550. The molecule has 144 valence electrons. The molecule has 2 aromatic rings. The number of nitrogens with one attached hydrogen (secondary N) is 1. The van der Waals surface area contributed by atoms with E-state index in [9.17, 15) is 4.79 Å². The van der Waals surface area contributed by atoms with Crippen molar-refractivity contribution >= 4 is 11.6 Å². The molecule has 0 spiro atoms. The lowest BCUT2D eigenvalue weighted by atomic mass is 10.00. The van der Waals surface area contributed by atoms with Crippen LogP contribution in [0.4, 0.5) is 11.6 Å². The Hall–Kier alpha value is -2.41. The van der Waals surface area contributed by atoms with E-state index >= 15 is 0 Å². The zero-order valence-electron chi connectivity index (χ0n) is 15.9. The molecule has 0 amide bonds. The van der Waals surface area contributed by atoms with Crippen LogP contribution in [-0.2, 0) is 7.05 Å². The SMILES string of the molecule is Cn1ccnc(N2CCC[C@H](NC3CCN(c4ccccn4)CC3)C2)c1=O. The van der Waals surface area contributed by atoms with Crippen molar-refractivity contribution in [3.63, 3.8) is 0 Å². The first-order valence-electron chi connectivity index (χ1n) is 9.89. The molecular weight excluding hydrogens is 340 g/mol. The molecule has 2 aromatic heterocycles. The van der Waals surface area contributed by atoms with Crippen LogP contribution in [-0.4, -0.2) is 52.8 Å². The Morgan fingerprint density at radius 2 is 1.85 bits per heavy atom. The highest BCUT2D eigenvalue weighted by Crippen LogP contribution is 2.20. The Morgan fingerprint density at radius 1 is 1.00 bits per heavy atom. The van der Waals surface area contributed by atoms with Crippen LogP contribution < -0.4 is 20.7 Å². The summed E-state index contributed by atoms with van der Waals surface area (Å²) < 4.78 is 1.60. The molecule has 0 aliphatic carbocycles. The van der Waals surface area contributed by atoms with E-state index in [0.29, 0.717) is 17.9 Å². The minimum atomic E-state index is -0.0122. The van der Waals surface area contributed by atoms with Crippen molar-refractivity contribution in [2.45, 2.75) is 37.8 Å². The molecule has 4 heterocycles. The summed E-state index contributed by atoms with van der Waals surface area (Å²) in [4.78, 5) is 25.7. The van der Waals surface area contributed by atoms with Crippen LogP contribution >= 0.6 is 0 Å². The molecule has 2 fully saturated rings.